The summed E-state index contributed by atoms with van der Waals surface area (Å²) in [7, 11) is 1.74. The second-order valence-electron chi connectivity index (χ2n) is 10.8. The first kappa shape index (κ1) is 26.4. The van der Waals surface area contributed by atoms with Gasteiger partial charge in [0.1, 0.15) is 23.9 Å². The Hall–Kier alpha value is -3.18. The number of hydrogen-bond acceptors (Lipinski definition) is 5. The van der Waals surface area contributed by atoms with Gasteiger partial charge < -0.3 is 24.8 Å². The Morgan fingerprint density at radius 2 is 1.76 bits per heavy atom. The summed E-state index contributed by atoms with van der Waals surface area (Å²) < 4.78 is 11.6. The van der Waals surface area contributed by atoms with Gasteiger partial charge in [0.05, 0.1) is 7.11 Å². The topological polar surface area (TPSA) is 54.0 Å². The summed E-state index contributed by atoms with van der Waals surface area (Å²) in [6, 6.07) is 20.9. The zero-order valence-electron chi connectivity index (χ0n) is 22.9. The molecule has 0 heterocycles. The number of rotatable bonds is 12. The second-order valence-corrected chi connectivity index (χ2v) is 10.8. The minimum absolute atomic E-state index is 0.363. The Morgan fingerprint density at radius 1 is 0.947 bits per heavy atom. The SMILES string of the molecule is CCN(Cc1ccc(OCCNCC2CCC2)cc1)c1cc(OC)ccc1[C@@H]1CCc2cc(O)ccc2C1. The summed E-state index contributed by atoms with van der Waals surface area (Å²) in [6.07, 6.45) is 7.21. The number of hydrogen-bond donors (Lipinski definition) is 2. The van der Waals surface area contributed by atoms with Crippen LogP contribution in [0.2, 0.25) is 0 Å². The van der Waals surface area contributed by atoms with E-state index in [4.69, 9.17) is 9.47 Å². The molecule has 0 amide bonds. The van der Waals surface area contributed by atoms with E-state index in [1.807, 2.05) is 12.1 Å². The van der Waals surface area contributed by atoms with Crippen LogP contribution in [-0.2, 0) is 19.4 Å². The maximum absolute atomic E-state index is 9.90. The van der Waals surface area contributed by atoms with Crippen LogP contribution in [0.1, 0.15) is 60.8 Å². The molecule has 3 aromatic carbocycles. The molecule has 202 valence electrons. The zero-order chi connectivity index (χ0) is 26.3. The van der Waals surface area contributed by atoms with Crippen LogP contribution in [0.3, 0.4) is 0 Å². The predicted octanol–water partition coefficient (Wildman–Crippen LogP) is 6.47. The van der Waals surface area contributed by atoms with Gasteiger partial charge in [0.2, 0.25) is 0 Å². The number of methoxy groups -OCH3 is 1. The Balaban J connectivity index is 1.24. The first-order valence-corrected chi connectivity index (χ1v) is 14.3. The number of aryl methyl sites for hydroxylation is 1. The number of nitrogens with zero attached hydrogens (tertiary/aromatic N) is 1. The van der Waals surface area contributed by atoms with Crippen LogP contribution in [-0.4, -0.2) is 38.5 Å². The molecule has 0 aromatic heterocycles. The smallest absolute Gasteiger partial charge is 0.120 e. The average Bonchev–Trinajstić information content (AvgIpc) is 2.92. The number of phenolic OH excluding ortho intramolecular Hbond substituents is 1. The van der Waals surface area contributed by atoms with Gasteiger partial charge in [-0.2, -0.15) is 0 Å². The number of ether oxygens (including phenoxy) is 2. The summed E-state index contributed by atoms with van der Waals surface area (Å²) >= 11 is 0. The van der Waals surface area contributed by atoms with Gasteiger partial charge in [0, 0.05) is 31.4 Å². The second kappa shape index (κ2) is 12.6. The normalized spacial score (nSPS) is 16.9. The maximum atomic E-state index is 9.90. The lowest BCUT2D eigenvalue weighted by atomic mass is 9.79. The Kier molecular flexibility index (Phi) is 8.75. The van der Waals surface area contributed by atoms with Gasteiger partial charge in [-0.25, -0.2) is 0 Å². The number of aromatic hydroxyl groups is 1. The highest BCUT2D eigenvalue weighted by molar-refractivity contribution is 5.60. The van der Waals surface area contributed by atoms with Gasteiger partial charge >= 0.3 is 0 Å². The first-order valence-electron chi connectivity index (χ1n) is 14.3. The molecule has 1 atom stereocenters. The highest BCUT2D eigenvalue weighted by Crippen LogP contribution is 2.40. The van der Waals surface area contributed by atoms with Crippen LogP contribution in [0, 0.1) is 5.92 Å². The van der Waals surface area contributed by atoms with Crippen molar-refractivity contribution >= 4 is 5.69 Å². The number of phenols is 1. The van der Waals surface area contributed by atoms with Crippen LogP contribution in [0.15, 0.2) is 60.7 Å². The van der Waals surface area contributed by atoms with Crippen molar-refractivity contribution in [1.82, 2.24) is 5.32 Å². The van der Waals surface area contributed by atoms with Gasteiger partial charge in [-0.15, -0.1) is 0 Å². The minimum Gasteiger partial charge on any atom is -0.508 e. The van der Waals surface area contributed by atoms with E-state index < -0.39 is 0 Å². The molecule has 2 aliphatic carbocycles. The van der Waals surface area contributed by atoms with Crippen LogP contribution in [0.25, 0.3) is 0 Å². The summed E-state index contributed by atoms with van der Waals surface area (Å²) in [5.74, 6) is 3.50. The van der Waals surface area contributed by atoms with E-state index in [0.717, 1.165) is 62.9 Å². The molecule has 3 aromatic rings. The van der Waals surface area contributed by atoms with Crippen LogP contribution in [0.4, 0.5) is 5.69 Å². The zero-order valence-corrected chi connectivity index (χ0v) is 22.9. The summed E-state index contributed by atoms with van der Waals surface area (Å²) in [4.78, 5) is 2.45. The quantitative estimate of drug-likeness (QED) is 0.271. The van der Waals surface area contributed by atoms with E-state index in [9.17, 15) is 5.11 Å². The molecule has 5 rings (SSSR count). The van der Waals surface area contributed by atoms with Crippen molar-refractivity contribution in [3.63, 3.8) is 0 Å². The van der Waals surface area contributed by atoms with E-state index in [2.05, 4.69) is 65.7 Å². The third-order valence-electron chi connectivity index (χ3n) is 8.32. The molecule has 0 saturated heterocycles. The largest absolute Gasteiger partial charge is 0.508 e. The highest BCUT2D eigenvalue weighted by Gasteiger charge is 2.25. The molecule has 5 nitrogen and oxygen atoms in total. The van der Waals surface area contributed by atoms with Crippen molar-refractivity contribution in [2.45, 2.75) is 57.9 Å². The fourth-order valence-electron chi connectivity index (χ4n) is 5.80. The van der Waals surface area contributed by atoms with Crippen LogP contribution >= 0.6 is 0 Å². The molecule has 1 fully saturated rings. The van der Waals surface area contributed by atoms with Crippen molar-refractivity contribution in [1.29, 1.82) is 0 Å². The van der Waals surface area contributed by atoms with Gasteiger partial charge in [0.25, 0.3) is 0 Å². The standard InChI is InChI=1S/C33H42N2O3/c1-3-35(23-25-7-13-30(14-8-25)38-18-17-34-22-24-5-4-6-24)33-21-31(37-2)15-16-32(33)28-10-9-27-20-29(36)12-11-26(27)19-28/h7-8,11-16,20-21,24,28,34,36H,3-6,9-10,17-19,22-23H2,1-2H3/t28-/m1/s1. The molecular weight excluding hydrogens is 472 g/mol. The summed E-state index contributed by atoms with van der Waals surface area (Å²) in [5, 5.41) is 13.4. The van der Waals surface area contributed by atoms with Crippen molar-refractivity contribution in [2.24, 2.45) is 5.92 Å². The molecule has 0 bridgehead atoms. The van der Waals surface area contributed by atoms with E-state index in [-0.39, 0.29) is 0 Å². The lowest BCUT2D eigenvalue weighted by molar-refractivity contribution is 0.276. The Labute approximate surface area is 227 Å². The average molecular weight is 515 g/mol. The molecular formula is C33H42N2O3. The molecule has 0 aliphatic heterocycles. The van der Waals surface area contributed by atoms with E-state index in [1.54, 1.807) is 7.11 Å². The van der Waals surface area contributed by atoms with E-state index >= 15 is 0 Å². The van der Waals surface area contributed by atoms with Gasteiger partial charge in [-0.05, 0) is 110 Å². The minimum atomic E-state index is 0.363. The van der Waals surface area contributed by atoms with E-state index in [0.29, 0.717) is 18.3 Å². The maximum Gasteiger partial charge on any atom is 0.120 e. The van der Waals surface area contributed by atoms with E-state index in [1.165, 1.54) is 47.2 Å². The van der Waals surface area contributed by atoms with Crippen LogP contribution < -0.4 is 19.7 Å². The molecule has 2 aliphatic rings. The molecule has 1 saturated carbocycles. The number of anilines is 1. The van der Waals surface area contributed by atoms with Crippen LogP contribution in [0.5, 0.6) is 17.2 Å². The molecule has 38 heavy (non-hydrogen) atoms. The summed E-state index contributed by atoms with van der Waals surface area (Å²) in [6.45, 7) is 6.67. The van der Waals surface area contributed by atoms with Gasteiger partial charge in [0.15, 0.2) is 0 Å². The Bertz CT molecular complexity index is 1190. The molecule has 0 radical (unpaired) electrons. The molecule has 2 N–H and O–H groups in total. The molecule has 0 unspecified atom stereocenters. The molecule has 5 heteroatoms. The summed E-state index contributed by atoms with van der Waals surface area (Å²) in [5.41, 5.74) is 6.51. The fourth-order valence-corrected chi connectivity index (χ4v) is 5.80. The Morgan fingerprint density at radius 3 is 2.50 bits per heavy atom. The number of benzene rings is 3. The lowest BCUT2D eigenvalue weighted by Gasteiger charge is -2.32. The number of nitrogens with one attached hydrogen (secondary N) is 1. The van der Waals surface area contributed by atoms with Crippen molar-refractivity contribution in [3.8, 4) is 17.2 Å². The third kappa shape index (κ3) is 6.44. The monoisotopic (exact) mass is 514 g/mol. The lowest BCUT2D eigenvalue weighted by Crippen LogP contribution is -2.30. The van der Waals surface area contributed by atoms with Crippen molar-refractivity contribution in [3.05, 3.63) is 82.9 Å². The van der Waals surface area contributed by atoms with Crippen molar-refractivity contribution in [2.75, 3.05) is 38.3 Å². The third-order valence-corrected chi connectivity index (χ3v) is 8.32. The highest BCUT2D eigenvalue weighted by atomic mass is 16.5. The van der Waals surface area contributed by atoms with Crippen molar-refractivity contribution < 1.29 is 14.6 Å². The number of fused-ring (bicyclic) bond motifs is 1. The van der Waals surface area contributed by atoms with Gasteiger partial charge in [-0.3, -0.25) is 0 Å². The van der Waals surface area contributed by atoms with Gasteiger partial charge in [-0.1, -0.05) is 30.7 Å². The molecule has 0 spiro atoms. The predicted molar refractivity (Wildman–Crippen MR) is 155 cm³/mol. The first-order chi connectivity index (χ1) is 18.6. The fraction of sp³-hybridized carbons (Fsp3) is 0.455.